The quantitative estimate of drug-likeness (QED) is 0.581. The third-order valence-corrected chi connectivity index (χ3v) is 5.07. The van der Waals surface area contributed by atoms with Crippen LogP contribution >= 0.6 is 23.4 Å². The predicted molar refractivity (Wildman–Crippen MR) is 103 cm³/mol. The summed E-state index contributed by atoms with van der Waals surface area (Å²) in [5, 5.41) is 4.42. The highest BCUT2D eigenvalue weighted by molar-refractivity contribution is 8.00. The number of carbonyl (C=O) groups excluding carboxylic acids is 1. The van der Waals surface area contributed by atoms with Crippen LogP contribution in [0.25, 0.3) is 11.4 Å². The number of carbonyl (C=O) groups is 1. The first-order valence-electron chi connectivity index (χ1n) is 8.08. The van der Waals surface area contributed by atoms with Crippen molar-refractivity contribution in [2.45, 2.75) is 23.6 Å². The van der Waals surface area contributed by atoms with Gasteiger partial charge in [-0.25, -0.2) is 0 Å². The topological polar surface area (TPSA) is 59.2 Å². The van der Waals surface area contributed by atoms with E-state index in [1.54, 1.807) is 11.9 Å². The van der Waals surface area contributed by atoms with Gasteiger partial charge in [-0.2, -0.15) is 4.98 Å². The van der Waals surface area contributed by atoms with Crippen molar-refractivity contribution in [3.8, 4) is 11.4 Å². The van der Waals surface area contributed by atoms with Crippen molar-refractivity contribution >= 4 is 29.3 Å². The molecule has 5 nitrogen and oxygen atoms in total. The summed E-state index contributed by atoms with van der Waals surface area (Å²) in [6.07, 6.45) is 0. The molecule has 0 aliphatic carbocycles. The first-order valence-corrected chi connectivity index (χ1v) is 9.34. The zero-order valence-corrected chi connectivity index (χ0v) is 16.0. The molecule has 0 bridgehead atoms. The molecule has 3 rings (SSSR count). The van der Waals surface area contributed by atoms with Crippen molar-refractivity contribution in [1.82, 2.24) is 15.0 Å². The summed E-state index contributed by atoms with van der Waals surface area (Å²) >= 11 is 7.37. The van der Waals surface area contributed by atoms with Gasteiger partial charge in [0.2, 0.25) is 17.6 Å². The fourth-order valence-electron chi connectivity index (χ4n) is 2.38. The second-order valence-electron chi connectivity index (χ2n) is 5.79. The minimum Gasteiger partial charge on any atom is -0.337 e. The molecule has 2 aromatic carbocycles. The summed E-state index contributed by atoms with van der Waals surface area (Å²) < 4.78 is 5.27. The second-order valence-corrected chi connectivity index (χ2v) is 7.64. The first-order chi connectivity index (χ1) is 12.5. The van der Waals surface area contributed by atoms with Crippen LogP contribution in [0.5, 0.6) is 0 Å². The van der Waals surface area contributed by atoms with Crippen LogP contribution in [0.3, 0.4) is 0 Å². The molecule has 0 spiro atoms. The average molecular weight is 388 g/mol. The van der Waals surface area contributed by atoms with Gasteiger partial charge in [0.15, 0.2) is 0 Å². The van der Waals surface area contributed by atoms with Crippen molar-refractivity contribution in [3.63, 3.8) is 0 Å². The van der Waals surface area contributed by atoms with E-state index in [-0.39, 0.29) is 17.7 Å². The van der Waals surface area contributed by atoms with E-state index in [0.717, 1.165) is 10.5 Å². The fourth-order valence-corrected chi connectivity index (χ4v) is 3.49. The first kappa shape index (κ1) is 18.5. The molecule has 1 heterocycles. The smallest absolute Gasteiger partial charge is 0.246 e. The van der Waals surface area contributed by atoms with E-state index in [4.69, 9.17) is 16.1 Å². The molecule has 0 radical (unpaired) electrons. The Morgan fingerprint density at radius 3 is 2.58 bits per heavy atom. The van der Waals surface area contributed by atoms with Crippen molar-refractivity contribution in [2.24, 2.45) is 0 Å². The molecule has 7 heteroatoms. The third kappa shape index (κ3) is 4.65. The van der Waals surface area contributed by atoms with E-state index in [0.29, 0.717) is 16.7 Å². The lowest BCUT2D eigenvalue weighted by Crippen LogP contribution is -2.32. The average Bonchev–Trinajstić information content (AvgIpc) is 3.12. The van der Waals surface area contributed by atoms with Crippen molar-refractivity contribution in [3.05, 3.63) is 65.5 Å². The van der Waals surface area contributed by atoms with Crippen molar-refractivity contribution < 1.29 is 9.32 Å². The van der Waals surface area contributed by atoms with Crippen LogP contribution in [0, 0.1) is 0 Å². The minimum atomic E-state index is -0.238. The molecular formula is C19H18ClN3O2S. The number of benzene rings is 2. The van der Waals surface area contributed by atoms with Crippen LogP contribution in [-0.4, -0.2) is 33.2 Å². The number of thioether (sulfide) groups is 1. The Morgan fingerprint density at radius 2 is 1.88 bits per heavy atom. The Labute approximate surface area is 161 Å². The lowest BCUT2D eigenvalue weighted by Gasteiger charge is -2.19. The Morgan fingerprint density at radius 1 is 1.19 bits per heavy atom. The van der Waals surface area contributed by atoms with Crippen LogP contribution in [0.1, 0.15) is 12.8 Å². The Hall–Kier alpha value is -2.31. The molecule has 0 aliphatic heterocycles. The molecule has 0 N–H and O–H groups in total. The van der Waals surface area contributed by atoms with Gasteiger partial charge in [0.1, 0.15) is 0 Å². The van der Waals surface area contributed by atoms with Gasteiger partial charge in [-0.1, -0.05) is 47.1 Å². The molecule has 0 saturated heterocycles. The number of hydrogen-bond donors (Lipinski definition) is 0. The lowest BCUT2D eigenvalue weighted by molar-refractivity contribution is -0.129. The highest BCUT2D eigenvalue weighted by Gasteiger charge is 2.21. The molecule has 0 aliphatic rings. The van der Waals surface area contributed by atoms with Gasteiger partial charge in [-0.05, 0) is 31.2 Å². The third-order valence-electron chi connectivity index (χ3n) is 3.72. The molecule has 1 amide bonds. The Balaban J connectivity index is 1.60. The van der Waals surface area contributed by atoms with Gasteiger partial charge in [0, 0.05) is 22.5 Å². The number of nitrogens with zero attached hydrogens (tertiary/aromatic N) is 3. The largest absolute Gasteiger partial charge is 0.337 e. The maximum Gasteiger partial charge on any atom is 0.246 e. The summed E-state index contributed by atoms with van der Waals surface area (Å²) in [6.45, 7) is 2.14. The van der Waals surface area contributed by atoms with Crippen LogP contribution in [0.15, 0.2) is 64.0 Å². The molecule has 26 heavy (non-hydrogen) atoms. The summed E-state index contributed by atoms with van der Waals surface area (Å²) in [7, 11) is 1.73. The lowest BCUT2D eigenvalue weighted by atomic mass is 10.2. The summed E-state index contributed by atoms with van der Waals surface area (Å²) in [5.74, 6) is 0.915. The zero-order valence-electron chi connectivity index (χ0n) is 14.4. The predicted octanol–water partition coefficient (Wildman–Crippen LogP) is 4.53. The van der Waals surface area contributed by atoms with E-state index in [9.17, 15) is 4.79 Å². The molecule has 134 valence electrons. The second kappa shape index (κ2) is 8.38. The van der Waals surface area contributed by atoms with Gasteiger partial charge in [-0.3, -0.25) is 4.79 Å². The zero-order chi connectivity index (χ0) is 18.5. The van der Waals surface area contributed by atoms with E-state index >= 15 is 0 Å². The highest BCUT2D eigenvalue weighted by atomic mass is 35.5. The van der Waals surface area contributed by atoms with Gasteiger partial charge in [0.05, 0.1) is 11.8 Å². The van der Waals surface area contributed by atoms with Gasteiger partial charge >= 0.3 is 0 Å². The Bertz CT molecular complexity index is 868. The summed E-state index contributed by atoms with van der Waals surface area (Å²) in [6, 6.07) is 17.0. The van der Waals surface area contributed by atoms with E-state index in [2.05, 4.69) is 10.1 Å². The van der Waals surface area contributed by atoms with Crippen LogP contribution < -0.4 is 0 Å². The Kier molecular flexibility index (Phi) is 5.96. The highest BCUT2D eigenvalue weighted by Crippen LogP contribution is 2.26. The maximum atomic E-state index is 12.6. The van der Waals surface area contributed by atoms with E-state index in [1.807, 2.05) is 61.5 Å². The number of halogens is 1. The van der Waals surface area contributed by atoms with Crippen molar-refractivity contribution in [1.29, 1.82) is 0 Å². The van der Waals surface area contributed by atoms with Crippen molar-refractivity contribution in [2.75, 3.05) is 7.05 Å². The maximum absolute atomic E-state index is 12.6. The fraction of sp³-hybridized carbons (Fsp3) is 0.211. The monoisotopic (exact) mass is 387 g/mol. The molecule has 3 aromatic rings. The number of aromatic nitrogens is 2. The normalized spacial score (nSPS) is 12.0. The molecule has 1 aromatic heterocycles. The minimum absolute atomic E-state index is 0.00980. The van der Waals surface area contributed by atoms with Crippen LogP contribution in [-0.2, 0) is 11.3 Å². The van der Waals surface area contributed by atoms with E-state index < -0.39 is 0 Å². The van der Waals surface area contributed by atoms with Gasteiger partial charge in [0.25, 0.3) is 0 Å². The molecule has 0 saturated carbocycles. The van der Waals surface area contributed by atoms with Gasteiger partial charge in [-0.15, -0.1) is 11.8 Å². The number of amides is 1. The van der Waals surface area contributed by atoms with Crippen LogP contribution in [0.2, 0.25) is 5.02 Å². The van der Waals surface area contributed by atoms with Gasteiger partial charge < -0.3 is 9.42 Å². The molecule has 1 atom stereocenters. The van der Waals surface area contributed by atoms with E-state index in [1.165, 1.54) is 11.8 Å². The number of hydrogen-bond acceptors (Lipinski definition) is 5. The summed E-state index contributed by atoms with van der Waals surface area (Å²) in [4.78, 5) is 19.5. The molecule has 0 fully saturated rings. The SMILES string of the molecule is C[C@H](Sc1ccc(Cl)cc1)C(=O)N(C)Cc1nc(-c2ccccc2)no1. The standard InChI is InChI=1S/C19H18ClN3O2S/c1-13(26-16-10-8-15(20)9-11-16)19(24)23(2)12-17-21-18(22-25-17)14-6-4-3-5-7-14/h3-11,13H,12H2,1-2H3/t13-/m0/s1. The summed E-state index contributed by atoms with van der Waals surface area (Å²) in [5.41, 5.74) is 0.878. The number of rotatable bonds is 6. The van der Waals surface area contributed by atoms with Crippen LogP contribution in [0.4, 0.5) is 0 Å². The molecule has 0 unspecified atom stereocenters. The molecular weight excluding hydrogens is 370 g/mol.